The van der Waals surface area contributed by atoms with Gasteiger partial charge in [-0.25, -0.2) is 9.59 Å². The molecule has 154 valence electrons. The lowest BCUT2D eigenvalue weighted by molar-refractivity contribution is 0.0689. The fourth-order valence-corrected chi connectivity index (χ4v) is 3.29. The molecule has 9 nitrogen and oxygen atoms in total. The van der Waals surface area contributed by atoms with Gasteiger partial charge in [0.2, 0.25) is 0 Å². The molecule has 1 amide bonds. The number of aromatic carboxylic acids is 1. The van der Waals surface area contributed by atoms with E-state index in [1.165, 1.54) is 12.3 Å². The van der Waals surface area contributed by atoms with Crippen LogP contribution in [-0.4, -0.2) is 67.9 Å². The van der Waals surface area contributed by atoms with Gasteiger partial charge >= 0.3 is 12.0 Å². The zero-order valence-electron chi connectivity index (χ0n) is 16.2. The van der Waals surface area contributed by atoms with Gasteiger partial charge in [-0.05, 0) is 35.9 Å². The molecule has 3 heterocycles. The molecule has 0 spiro atoms. The lowest BCUT2D eigenvalue weighted by Crippen LogP contribution is -2.49. The number of benzene rings is 1. The quantitative estimate of drug-likeness (QED) is 0.694. The molecule has 1 N–H and O–H groups in total. The standard InChI is InChI=1S/C21H21N5O4/c27-20(28)19-6-9-26(23-19)21(29)25-12-10-24(11-13-25)15-16-2-1-3-18(14-16)30-17-4-7-22-8-5-17/h1-9,14H,10-13,15H2,(H,27,28). The second-order valence-electron chi connectivity index (χ2n) is 6.93. The summed E-state index contributed by atoms with van der Waals surface area (Å²) in [6.07, 6.45) is 4.75. The Kier molecular flexibility index (Phi) is 5.71. The zero-order valence-corrected chi connectivity index (χ0v) is 16.2. The number of nitrogens with zero attached hydrogens (tertiary/aromatic N) is 5. The van der Waals surface area contributed by atoms with E-state index in [2.05, 4.69) is 15.0 Å². The molecule has 1 aromatic carbocycles. The van der Waals surface area contributed by atoms with Crippen LogP contribution in [0.1, 0.15) is 16.1 Å². The van der Waals surface area contributed by atoms with Gasteiger partial charge in [-0.1, -0.05) is 12.1 Å². The van der Waals surface area contributed by atoms with Crippen molar-refractivity contribution in [2.45, 2.75) is 6.54 Å². The largest absolute Gasteiger partial charge is 0.476 e. The van der Waals surface area contributed by atoms with E-state index in [-0.39, 0.29) is 11.7 Å². The highest BCUT2D eigenvalue weighted by molar-refractivity contribution is 5.86. The first-order chi connectivity index (χ1) is 14.6. The van der Waals surface area contributed by atoms with Crippen LogP contribution < -0.4 is 4.74 Å². The van der Waals surface area contributed by atoms with Crippen molar-refractivity contribution in [3.63, 3.8) is 0 Å². The van der Waals surface area contributed by atoms with E-state index in [9.17, 15) is 9.59 Å². The Morgan fingerprint density at radius 3 is 2.47 bits per heavy atom. The van der Waals surface area contributed by atoms with Crippen molar-refractivity contribution in [1.29, 1.82) is 0 Å². The molecule has 1 aliphatic rings. The van der Waals surface area contributed by atoms with Crippen LogP contribution in [0.2, 0.25) is 0 Å². The average Bonchev–Trinajstić information content (AvgIpc) is 3.26. The van der Waals surface area contributed by atoms with Crippen molar-refractivity contribution in [2.24, 2.45) is 0 Å². The highest BCUT2D eigenvalue weighted by atomic mass is 16.5. The molecular formula is C21H21N5O4. The maximum Gasteiger partial charge on any atom is 0.356 e. The molecule has 9 heteroatoms. The highest BCUT2D eigenvalue weighted by Crippen LogP contribution is 2.22. The van der Waals surface area contributed by atoms with Crippen molar-refractivity contribution in [3.8, 4) is 11.5 Å². The van der Waals surface area contributed by atoms with E-state index in [0.29, 0.717) is 26.2 Å². The minimum atomic E-state index is -1.15. The van der Waals surface area contributed by atoms with Crippen LogP contribution in [0, 0.1) is 0 Å². The molecule has 1 saturated heterocycles. The van der Waals surface area contributed by atoms with Gasteiger partial charge in [0.05, 0.1) is 0 Å². The predicted molar refractivity (Wildman–Crippen MR) is 108 cm³/mol. The molecule has 0 unspecified atom stereocenters. The molecule has 3 aromatic rings. The van der Waals surface area contributed by atoms with Gasteiger partial charge in [-0.15, -0.1) is 0 Å². The van der Waals surface area contributed by atoms with Gasteiger partial charge in [0.1, 0.15) is 11.5 Å². The molecule has 2 aromatic heterocycles. The lowest BCUT2D eigenvalue weighted by Gasteiger charge is -2.34. The van der Waals surface area contributed by atoms with Crippen LogP contribution in [0.15, 0.2) is 61.1 Å². The number of pyridine rings is 1. The first kappa shape index (κ1) is 19.6. The Hall–Kier alpha value is -3.72. The smallest absolute Gasteiger partial charge is 0.356 e. The third kappa shape index (κ3) is 4.64. The van der Waals surface area contributed by atoms with Gasteiger partial charge in [0.25, 0.3) is 0 Å². The normalized spacial score (nSPS) is 14.5. The summed E-state index contributed by atoms with van der Waals surface area (Å²) >= 11 is 0. The highest BCUT2D eigenvalue weighted by Gasteiger charge is 2.23. The number of piperazine rings is 1. The Bertz CT molecular complexity index is 1030. The second kappa shape index (κ2) is 8.75. The summed E-state index contributed by atoms with van der Waals surface area (Å²) in [5, 5.41) is 12.8. The molecule has 1 fully saturated rings. The van der Waals surface area contributed by atoms with Gasteiger partial charge in [0, 0.05) is 51.3 Å². The maximum absolute atomic E-state index is 12.5. The van der Waals surface area contributed by atoms with Crippen molar-refractivity contribution in [1.82, 2.24) is 24.6 Å². The van der Waals surface area contributed by atoms with Gasteiger partial charge in [-0.2, -0.15) is 9.78 Å². The SMILES string of the molecule is O=C(O)c1ccn(C(=O)N2CCN(Cc3cccc(Oc4ccncc4)c3)CC2)n1. The average molecular weight is 407 g/mol. The number of hydrogen-bond acceptors (Lipinski definition) is 6. The van der Waals surface area contributed by atoms with E-state index < -0.39 is 5.97 Å². The zero-order chi connectivity index (χ0) is 20.9. The number of carboxylic acid groups (broad SMARTS) is 1. The minimum Gasteiger partial charge on any atom is -0.476 e. The number of aromatic nitrogens is 3. The van der Waals surface area contributed by atoms with Crippen molar-refractivity contribution in [2.75, 3.05) is 26.2 Å². The Morgan fingerprint density at radius 2 is 1.77 bits per heavy atom. The number of carbonyl (C=O) groups excluding carboxylic acids is 1. The topological polar surface area (TPSA) is 101 Å². The Morgan fingerprint density at radius 1 is 1.00 bits per heavy atom. The van der Waals surface area contributed by atoms with Crippen LogP contribution in [0.5, 0.6) is 11.5 Å². The van der Waals surface area contributed by atoms with E-state index >= 15 is 0 Å². The summed E-state index contributed by atoms with van der Waals surface area (Å²) in [5.41, 5.74) is 0.982. The molecule has 4 rings (SSSR count). The third-order valence-corrected chi connectivity index (χ3v) is 4.84. The first-order valence-electron chi connectivity index (χ1n) is 9.56. The summed E-state index contributed by atoms with van der Waals surface area (Å²) < 4.78 is 6.94. The van der Waals surface area contributed by atoms with Crippen LogP contribution in [-0.2, 0) is 6.54 Å². The van der Waals surface area contributed by atoms with E-state index in [1.807, 2.05) is 36.4 Å². The fraction of sp³-hybridized carbons (Fsp3) is 0.238. The molecule has 0 aliphatic carbocycles. The summed E-state index contributed by atoms with van der Waals surface area (Å²) in [5.74, 6) is 0.348. The molecular weight excluding hydrogens is 386 g/mol. The first-order valence-corrected chi connectivity index (χ1v) is 9.56. The summed E-state index contributed by atoms with van der Waals surface area (Å²) in [6.45, 7) is 3.28. The van der Waals surface area contributed by atoms with Crippen molar-refractivity contribution in [3.05, 3.63) is 72.3 Å². The maximum atomic E-state index is 12.5. The van der Waals surface area contributed by atoms with Crippen LogP contribution >= 0.6 is 0 Å². The molecule has 0 saturated carbocycles. The summed E-state index contributed by atoms with van der Waals surface area (Å²) in [6, 6.07) is 12.6. The molecule has 0 atom stereocenters. The third-order valence-electron chi connectivity index (χ3n) is 4.84. The number of ether oxygens (including phenoxy) is 1. The molecule has 0 bridgehead atoms. The Balaban J connectivity index is 1.32. The van der Waals surface area contributed by atoms with Gasteiger partial charge in [-0.3, -0.25) is 9.88 Å². The summed E-state index contributed by atoms with van der Waals surface area (Å²) in [4.78, 5) is 31.4. The monoisotopic (exact) mass is 407 g/mol. The lowest BCUT2D eigenvalue weighted by atomic mass is 10.2. The summed E-state index contributed by atoms with van der Waals surface area (Å²) in [7, 11) is 0. The van der Waals surface area contributed by atoms with E-state index in [1.54, 1.807) is 17.3 Å². The number of carboxylic acids is 1. The van der Waals surface area contributed by atoms with Crippen molar-refractivity contribution >= 4 is 12.0 Å². The van der Waals surface area contributed by atoms with Gasteiger partial charge in [0.15, 0.2) is 5.69 Å². The predicted octanol–water partition coefficient (Wildman–Crippen LogP) is 2.55. The molecule has 30 heavy (non-hydrogen) atoms. The number of hydrogen-bond donors (Lipinski definition) is 1. The van der Waals surface area contributed by atoms with Crippen LogP contribution in [0.3, 0.4) is 0 Å². The van der Waals surface area contributed by atoms with Crippen LogP contribution in [0.4, 0.5) is 4.79 Å². The van der Waals surface area contributed by atoms with Crippen LogP contribution in [0.25, 0.3) is 0 Å². The fourth-order valence-electron chi connectivity index (χ4n) is 3.29. The number of amides is 1. The number of rotatable bonds is 5. The minimum absolute atomic E-state index is 0.143. The van der Waals surface area contributed by atoms with Crippen molar-refractivity contribution < 1.29 is 19.4 Å². The molecule has 1 aliphatic heterocycles. The van der Waals surface area contributed by atoms with E-state index in [0.717, 1.165) is 28.3 Å². The van der Waals surface area contributed by atoms with E-state index in [4.69, 9.17) is 9.84 Å². The molecule has 0 radical (unpaired) electrons. The van der Waals surface area contributed by atoms with Gasteiger partial charge < -0.3 is 14.7 Å². The Labute approximate surface area is 173 Å². The second-order valence-corrected chi connectivity index (χ2v) is 6.93. The number of carbonyl (C=O) groups is 2.